The van der Waals surface area contributed by atoms with Crippen LogP contribution >= 0.6 is 11.3 Å². The molecular formula is C18H22N2O2S. The van der Waals surface area contributed by atoms with Crippen LogP contribution in [-0.2, 0) is 6.42 Å². The summed E-state index contributed by atoms with van der Waals surface area (Å²) in [6.45, 7) is 2.97. The molecule has 1 amide bonds. The smallest absolute Gasteiger partial charge is 0.273 e. The molecule has 2 aromatic rings. The molecule has 1 aliphatic heterocycles. The van der Waals surface area contributed by atoms with E-state index in [1.54, 1.807) is 11.3 Å². The Balaban J connectivity index is 1.68. The third-order valence-corrected chi connectivity index (χ3v) is 5.20. The molecule has 1 fully saturated rings. The number of thiazole rings is 1. The topological polar surface area (TPSA) is 53.4 Å². The molecule has 0 saturated carbocycles. The molecule has 4 nitrogen and oxygen atoms in total. The summed E-state index contributed by atoms with van der Waals surface area (Å²) in [5.74, 6) is 0.00681. The van der Waals surface area contributed by atoms with Gasteiger partial charge in [-0.1, -0.05) is 29.8 Å². The Bertz CT molecular complexity index is 666. The second-order valence-electron chi connectivity index (χ2n) is 6.10. The monoisotopic (exact) mass is 330 g/mol. The second kappa shape index (κ2) is 7.23. The summed E-state index contributed by atoms with van der Waals surface area (Å²) < 4.78 is 0. The van der Waals surface area contributed by atoms with Crippen molar-refractivity contribution in [3.8, 4) is 0 Å². The molecule has 1 saturated heterocycles. The first-order chi connectivity index (χ1) is 11.2. The zero-order valence-electron chi connectivity index (χ0n) is 13.4. The SMILES string of the molecule is Cc1ccc(Cc2nc(C(=O)N3CCCC3CCO)cs2)cc1. The van der Waals surface area contributed by atoms with Crippen LogP contribution in [0.3, 0.4) is 0 Å². The molecular weight excluding hydrogens is 308 g/mol. The number of aromatic nitrogens is 1. The number of carbonyl (C=O) groups is 1. The third-order valence-electron chi connectivity index (χ3n) is 4.35. The maximum Gasteiger partial charge on any atom is 0.273 e. The van der Waals surface area contributed by atoms with Crippen LogP contribution in [0.2, 0.25) is 0 Å². The maximum absolute atomic E-state index is 12.6. The van der Waals surface area contributed by atoms with Gasteiger partial charge in [0.1, 0.15) is 5.69 Å². The van der Waals surface area contributed by atoms with Gasteiger partial charge in [0, 0.05) is 31.0 Å². The molecule has 0 radical (unpaired) electrons. The van der Waals surface area contributed by atoms with Gasteiger partial charge in [-0.2, -0.15) is 0 Å². The lowest BCUT2D eigenvalue weighted by atomic mass is 10.1. The van der Waals surface area contributed by atoms with Crippen molar-refractivity contribution >= 4 is 17.2 Å². The number of hydrogen-bond donors (Lipinski definition) is 1. The average molecular weight is 330 g/mol. The quantitative estimate of drug-likeness (QED) is 0.917. The minimum Gasteiger partial charge on any atom is -0.396 e. The Morgan fingerprint density at radius 2 is 2.17 bits per heavy atom. The van der Waals surface area contributed by atoms with Crippen molar-refractivity contribution < 1.29 is 9.90 Å². The van der Waals surface area contributed by atoms with Crippen molar-refractivity contribution in [2.24, 2.45) is 0 Å². The van der Waals surface area contributed by atoms with Gasteiger partial charge < -0.3 is 10.0 Å². The molecule has 1 unspecified atom stereocenters. The molecule has 0 bridgehead atoms. The van der Waals surface area contributed by atoms with Crippen LogP contribution in [0.15, 0.2) is 29.6 Å². The van der Waals surface area contributed by atoms with E-state index in [2.05, 4.69) is 36.2 Å². The summed E-state index contributed by atoms with van der Waals surface area (Å²) in [5, 5.41) is 12.0. The highest BCUT2D eigenvalue weighted by molar-refractivity contribution is 7.09. The molecule has 1 aromatic carbocycles. The Morgan fingerprint density at radius 1 is 1.39 bits per heavy atom. The van der Waals surface area contributed by atoms with Crippen molar-refractivity contribution in [3.05, 3.63) is 51.5 Å². The predicted octanol–water partition coefficient (Wildman–Crippen LogP) is 3.03. The Morgan fingerprint density at radius 3 is 2.91 bits per heavy atom. The standard InChI is InChI=1S/C18H22N2O2S/c1-13-4-6-14(7-5-13)11-17-19-16(12-23-17)18(22)20-9-2-3-15(20)8-10-21/h4-7,12,15,21H,2-3,8-11H2,1H3. The van der Waals surface area contributed by atoms with Crippen LogP contribution in [0, 0.1) is 6.92 Å². The number of aliphatic hydroxyl groups is 1. The summed E-state index contributed by atoms with van der Waals surface area (Å²) in [6.07, 6.45) is 3.41. The lowest BCUT2D eigenvalue weighted by molar-refractivity contribution is 0.0711. The minimum absolute atomic E-state index is 0.00681. The van der Waals surface area contributed by atoms with Crippen LogP contribution in [0.25, 0.3) is 0 Å². The summed E-state index contributed by atoms with van der Waals surface area (Å²) in [6, 6.07) is 8.57. The van der Waals surface area contributed by atoms with Gasteiger partial charge >= 0.3 is 0 Å². The first-order valence-corrected chi connectivity index (χ1v) is 8.97. The summed E-state index contributed by atoms with van der Waals surface area (Å²) in [4.78, 5) is 19.0. The number of aliphatic hydroxyl groups excluding tert-OH is 1. The first-order valence-electron chi connectivity index (χ1n) is 8.09. The number of amides is 1. The van der Waals surface area contributed by atoms with Gasteiger partial charge in [-0.25, -0.2) is 4.98 Å². The largest absolute Gasteiger partial charge is 0.396 e. The zero-order valence-corrected chi connectivity index (χ0v) is 14.2. The molecule has 0 spiro atoms. The summed E-state index contributed by atoms with van der Waals surface area (Å²) in [5.41, 5.74) is 3.00. The number of hydrogen-bond acceptors (Lipinski definition) is 4. The minimum atomic E-state index is 0.00681. The first kappa shape index (κ1) is 16.1. The van der Waals surface area contributed by atoms with E-state index in [1.807, 2.05) is 10.3 Å². The Hall–Kier alpha value is -1.72. The van der Waals surface area contributed by atoms with E-state index >= 15 is 0 Å². The fraction of sp³-hybridized carbons (Fsp3) is 0.444. The van der Waals surface area contributed by atoms with E-state index < -0.39 is 0 Å². The fourth-order valence-electron chi connectivity index (χ4n) is 3.07. The number of aryl methyl sites for hydroxylation is 1. The highest BCUT2D eigenvalue weighted by atomic mass is 32.1. The second-order valence-corrected chi connectivity index (χ2v) is 7.04. The lowest BCUT2D eigenvalue weighted by Gasteiger charge is -2.23. The number of carbonyl (C=O) groups excluding carboxylic acids is 1. The van der Waals surface area contributed by atoms with Gasteiger partial charge in [-0.15, -0.1) is 11.3 Å². The van der Waals surface area contributed by atoms with Crippen LogP contribution in [0.4, 0.5) is 0 Å². The number of nitrogens with zero attached hydrogens (tertiary/aromatic N) is 2. The molecule has 23 heavy (non-hydrogen) atoms. The Kier molecular flexibility index (Phi) is 5.08. The van der Waals surface area contributed by atoms with Crippen LogP contribution in [0.5, 0.6) is 0 Å². The highest BCUT2D eigenvalue weighted by Crippen LogP contribution is 2.23. The van der Waals surface area contributed by atoms with Crippen molar-refractivity contribution in [1.82, 2.24) is 9.88 Å². The molecule has 0 aliphatic carbocycles. The number of likely N-dealkylation sites (tertiary alicyclic amines) is 1. The van der Waals surface area contributed by atoms with Crippen molar-refractivity contribution in [1.29, 1.82) is 0 Å². The van der Waals surface area contributed by atoms with Gasteiger partial charge in [-0.3, -0.25) is 4.79 Å². The van der Waals surface area contributed by atoms with Crippen molar-refractivity contribution in [2.75, 3.05) is 13.2 Å². The van der Waals surface area contributed by atoms with Gasteiger partial charge in [0.15, 0.2) is 0 Å². The summed E-state index contributed by atoms with van der Waals surface area (Å²) in [7, 11) is 0. The zero-order chi connectivity index (χ0) is 16.2. The normalized spacial score (nSPS) is 17.7. The molecule has 3 rings (SSSR count). The van der Waals surface area contributed by atoms with E-state index in [9.17, 15) is 4.79 Å². The molecule has 122 valence electrons. The van der Waals surface area contributed by atoms with E-state index in [1.165, 1.54) is 11.1 Å². The average Bonchev–Trinajstić information content (AvgIpc) is 3.19. The maximum atomic E-state index is 12.6. The van der Waals surface area contributed by atoms with Crippen LogP contribution < -0.4 is 0 Å². The Labute approximate surface area is 140 Å². The fourth-order valence-corrected chi connectivity index (χ4v) is 3.87. The highest BCUT2D eigenvalue weighted by Gasteiger charge is 2.30. The third kappa shape index (κ3) is 3.79. The molecule has 1 N–H and O–H groups in total. The predicted molar refractivity (Wildman–Crippen MR) is 91.9 cm³/mol. The van der Waals surface area contributed by atoms with E-state index in [-0.39, 0.29) is 18.6 Å². The van der Waals surface area contributed by atoms with Crippen LogP contribution in [-0.4, -0.2) is 40.1 Å². The molecule has 1 atom stereocenters. The molecule has 1 aliphatic rings. The molecule has 1 aromatic heterocycles. The molecule has 5 heteroatoms. The van der Waals surface area contributed by atoms with Gasteiger partial charge in [0.25, 0.3) is 5.91 Å². The van der Waals surface area contributed by atoms with Gasteiger partial charge in [0.05, 0.1) is 5.01 Å². The lowest BCUT2D eigenvalue weighted by Crippen LogP contribution is -2.36. The van der Waals surface area contributed by atoms with E-state index in [0.29, 0.717) is 12.1 Å². The number of benzene rings is 1. The summed E-state index contributed by atoms with van der Waals surface area (Å²) >= 11 is 1.54. The van der Waals surface area contributed by atoms with Gasteiger partial charge in [-0.05, 0) is 31.7 Å². The number of rotatable bonds is 5. The van der Waals surface area contributed by atoms with E-state index in [0.717, 1.165) is 30.8 Å². The van der Waals surface area contributed by atoms with Gasteiger partial charge in [0.2, 0.25) is 0 Å². The van der Waals surface area contributed by atoms with Crippen molar-refractivity contribution in [2.45, 2.75) is 38.6 Å². The van der Waals surface area contributed by atoms with Crippen LogP contribution in [0.1, 0.15) is 45.9 Å². The van der Waals surface area contributed by atoms with E-state index in [4.69, 9.17) is 5.11 Å². The van der Waals surface area contributed by atoms with Crippen molar-refractivity contribution in [3.63, 3.8) is 0 Å². The molecule has 2 heterocycles.